The van der Waals surface area contributed by atoms with Crippen LogP contribution in [0, 0.1) is 10.8 Å². The van der Waals surface area contributed by atoms with Crippen molar-refractivity contribution in [2.75, 3.05) is 13.2 Å². The fraction of sp³-hybridized carbons (Fsp3) is 0.647. The van der Waals surface area contributed by atoms with Gasteiger partial charge in [-0.05, 0) is 41.5 Å². The molecular weight excluding hydrogens is 298 g/mol. The average Bonchev–Trinajstić information content (AvgIpc) is 3.00. The summed E-state index contributed by atoms with van der Waals surface area (Å²) in [6.07, 6.45) is 3.25. The van der Waals surface area contributed by atoms with Crippen molar-refractivity contribution in [1.29, 1.82) is 0 Å². The van der Waals surface area contributed by atoms with E-state index in [4.69, 9.17) is 4.74 Å². The molecule has 22 heavy (non-hydrogen) atoms. The number of hydrogen-bond donors (Lipinski definition) is 0. The number of hydrogen-bond acceptors (Lipinski definition) is 4. The Labute approximate surface area is 135 Å². The Morgan fingerprint density at radius 3 is 2.82 bits per heavy atom. The Kier molecular flexibility index (Phi) is 3.79. The maximum Gasteiger partial charge on any atom is 0.348 e. The van der Waals surface area contributed by atoms with Gasteiger partial charge in [-0.25, -0.2) is 4.79 Å². The molecule has 2 bridgehead atoms. The molecule has 2 aliphatic rings. The highest BCUT2D eigenvalue weighted by Gasteiger charge is 2.50. The lowest BCUT2D eigenvalue weighted by atomic mass is 9.65. The predicted molar refractivity (Wildman–Crippen MR) is 85.8 cm³/mol. The number of carbonyl (C=O) groups excluding carboxylic acids is 2. The van der Waals surface area contributed by atoms with Gasteiger partial charge in [0.2, 0.25) is 0 Å². The fourth-order valence-corrected chi connectivity index (χ4v) is 5.04. The number of likely N-dealkylation sites (tertiary alicyclic amines) is 1. The number of nitrogens with zero attached hydrogens (tertiary/aromatic N) is 1. The van der Waals surface area contributed by atoms with Gasteiger partial charge >= 0.3 is 5.97 Å². The molecule has 0 N–H and O–H groups in total. The van der Waals surface area contributed by atoms with E-state index in [9.17, 15) is 9.59 Å². The highest BCUT2D eigenvalue weighted by atomic mass is 32.1. The lowest BCUT2D eigenvalue weighted by Crippen LogP contribution is -2.39. The maximum atomic E-state index is 12.5. The number of amides is 1. The van der Waals surface area contributed by atoms with Crippen molar-refractivity contribution >= 4 is 23.2 Å². The minimum atomic E-state index is -0.405. The molecule has 1 saturated heterocycles. The summed E-state index contributed by atoms with van der Waals surface area (Å²) in [5.41, 5.74) is 0.486. The van der Waals surface area contributed by atoms with Gasteiger partial charge in [-0.15, -0.1) is 11.3 Å². The van der Waals surface area contributed by atoms with E-state index >= 15 is 0 Å². The minimum Gasteiger partial charge on any atom is -0.451 e. The topological polar surface area (TPSA) is 46.6 Å². The third-order valence-corrected chi connectivity index (χ3v) is 5.63. The van der Waals surface area contributed by atoms with Crippen molar-refractivity contribution in [2.45, 2.75) is 46.1 Å². The highest BCUT2D eigenvalue weighted by molar-refractivity contribution is 7.11. The first kappa shape index (κ1) is 15.5. The fourth-order valence-electron chi connectivity index (χ4n) is 4.43. The first-order valence-corrected chi connectivity index (χ1v) is 8.66. The zero-order valence-corrected chi connectivity index (χ0v) is 14.2. The maximum absolute atomic E-state index is 12.5. The lowest BCUT2D eigenvalue weighted by molar-refractivity contribution is -0.135. The molecule has 4 nitrogen and oxygen atoms in total. The van der Waals surface area contributed by atoms with Gasteiger partial charge in [-0.2, -0.15) is 0 Å². The third-order valence-electron chi connectivity index (χ3n) is 4.78. The van der Waals surface area contributed by atoms with E-state index in [0.29, 0.717) is 10.9 Å². The first-order valence-electron chi connectivity index (χ1n) is 7.78. The van der Waals surface area contributed by atoms with Crippen molar-refractivity contribution in [3.63, 3.8) is 0 Å². The molecule has 5 heteroatoms. The molecule has 0 radical (unpaired) electrons. The van der Waals surface area contributed by atoms with Crippen molar-refractivity contribution in [1.82, 2.24) is 4.90 Å². The Balaban J connectivity index is 1.60. The number of carbonyl (C=O) groups is 2. The summed E-state index contributed by atoms with van der Waals surface area (Å²) < 4.78 is 5.17. The van der Waals surface area contributed by atoms with Crippen LogP contribution >= 0.6 is 11.3 Å². The number of esters is 1. The Bertz CT molecular complexity index is 581. The summed E-state index contributed by atoms with van der Waals surface area (Å²) in [6.45, 7) is 7.47. The van der Waals surface area contributed by atoms with E-state index in [1.54, 1.807) is 12.1 Å². The predicted octanol–water partition coefficient (Wildman–Crippen LogP) is 3.33. The molecule has 1 aromatic heterocycles. The molecule has 120 valence electrons. The molecule has 2 fully saturated rings. The van der Waals surface area contributed by atoms with Crippen LogP contribution in [0.4, 0.5) is 0 Å². The van der Waals surface area contributed by atoms with Gasteiger partial charge in [0.25, 0.3) is 5.91 Å². The van der Waals surface area contributed by atoms with Crippen LogP contribution in [0.25, 0.3) is 0 Å². The quantitative estimate of drug-likeness (QED) is 0.802. The van der Waals surface area contributed by atoms with E-state index in [2.05, 4.69) is 20.8 Å². The van der Waals surface area contributed by atoms with Crippen LogP contribution in [-0.4, -0.2) is 36.0 Å². The van der Waals surface area contributed by atoms with Gasteiger partial charge in [-0.1, -0.05) is 26.8 Å². The SMILES string of the molecule is CC1(C)C[C@@H]2C[C@](C)(CN2C(=O)COC(=O)c2cccs2)C1. The number of thiophene rings is 1. The molecule has 1 amide bonds. The van der Waals surface area contributed by atoms with Crippen LogP contribution in [-0.2, 0) is 9.53 Å². The van der Waals surface area contributed by atoms with Gasteiger partial charge in [0, 0.05) is 12.6 Å². The molecule has 0 unspecified atom stereocenters. The number of fused-ring (bicyclic) bond motifs is 2. The van der Waals surface area contributed by atoms with Crippen molar-refractivity contribution in [3.8, 4) is 0 Å². The van der Waals surface area contributed by atoms with Gasteiger partial charge < -0.3 is 9.64 Å². The van der Waals surface area contributed by atoms with Crippen LogP contribution in [0.3, 0.4) is 0 Å². The second kappa shape index (κ2) is 5.37. The lowest BCUT2D eigenvalue weighted by Gasteiger charge is -2.39. The van der Waals surface area contributed by atoms with Crippen molar-refractivity contribution < 1.29 is 14.3 Å². The molecule has 2 heterocycles. The Morgan fingerprint density at radius 1 is 1.36 bits per heavy atom. The number of rotatable bonds is 3. The van der Waals surface area contributed by atoms with Gasteiger partial charge in [0.05, 0.1) is 0 Å². The second-order valence-electron chi connectivity index (χ2n) is 7.79. The largest absolute Gasteiger partial charge is 0.451 e. The second-order valence-corrected chi connectivity index (χ2v) is 8.74. The zero-order chi connectivity index (χ0) is 16.0. The van der Waals surface area contributed by atoms with E-state index in [1.807, 2.05) is 10.3 Å². The summed E-state index contributed by atoms with van der Waals surface area (Å²) in [4.78, 5) is 26.8. The molecule has 1 aliphatic carbocycles. The molecular formula is C17H23NO3S. The average molecular weight is 321 g/mol. The van der Waals surface area contributed by atoms with Gasteiger partial charge in [0.15, 0.2) is 6.61 Å². The summed E-state index contributed by atoms with van der Waals surface area (Å²) in [7, 11) is 0. The molecule has 0 spiro atoms. The van der Waals surface area contributed by atoms with E-state index in [-0.39, 0.29) is 23.3 Å². The highest BCUT2D eigenvalue weighted by Crippen LogP contribution is 2.52. The number of ether oxygens (including phenoxy) is 1. The molecule has 3 rings (SSSR count). The molecule has 1 aromatic rings. The van der Waals surface area contributed by atoms with E-state index < -0.39 is 5.97 Å². The summed E-state index contributed by atoms with van der Waals surface area (Å²) in [6, 6.07) is 3.81. The van der Waals surface area contributed by atoms with Crippen LogP contribution in [0.1, 0.15) is 49.7 Å². The Hall–Kier alpha value is -1.36. The molecule has 2 atom stereocenters. The van der Waals surface area contributed by atoms with Crippen LogP contribution < -0.4 is 0 Å². The molecule has 1 saturated carbocycles. The van der Waals surface area contributed by atoms with Crippen molar-refractivity contribution in [3.05, 3.63) is 22.4 Å². The standard InChI is InChI=1S/C17H23NO3S/c1-16(2)7-12-8-17(3,10-16)11-18(12)14(19)9-21-15(20)13-5-4-6-22-13/h4-6,12H,7-11H2,1-3H3/t12-,17+/m1/s1. The van der Waals surface area contributed by atoms with Crippen LogP contribution in [0.15, 0.2) is 17.5 Å². The van der Waals surface area contributed by atoms with Gasteiger partial charge in [-0.3, -0.25) is 4.79 Å². The van der Waals surface area contributed by atoms with E-state index in [1.165, 1.54) is 11.3 Å². The van der Waals surface area contributed by atoms with Crippen molar-refractivity contribution in [2.24, 2.45) is 10.8 Å². The van der Waals surface area contributed by atoms with Crippen LogP contribution in [0.5, 0.6) is 0 Å². The molecule has 1 aliphatic heterocycles. The van der Waals surface area contributed by atoms with E-state index in [0.717, 1.165) is 25.8 Å². The summed E-state index contributed by atoms with van der Waals surface area (Å²) in [5, 5.41) is 1.82. The normalized spacial score (nSPS) is 29.4. The monoisotopic (exact) mass is 321 g/mol. The third kappa shape index (κ3) is 3.05. The molecule has 0 aromatic carbocycles. The van der Waals surface area contributed by atoms with Gasteiger partial charge in [0.1, 0.15) is 4.88 Å². The smallest absolute Gasteiger partial charge is 0.348 e. The Morgan fingerprint density at radius 2 is 2.14 bits per heavy atom. The zero-order valence-electron chi connectivity index (χ0n) is 13.4. The first-order chi connectivity index (χ1) is 10.3. The summed E-state index contributed by atoms with van der Waals surface area (Å²) in [5.74, 6) is -0.464. The minimum absolute atomic E-state index is 0.0590. The van der Waals surface area contributed by atoms with Crippen LogP contribution in [0.2, 0.25) is 0 Å². The summed E-state index contributed by atoms with van der Waals surface area (Å²) >= 11 is 1.33.